The van der Waals surface area contributed by atoms with E-state index in [1.54, 1.807) is 12.1 Å². The molecule has 0 saturated heterocycles. The maximum Gasteiger partial charge on any atom is 0.251 e. The van der Waals surface area contributed by atoms with Gasteiger partial charge in [0.2, 0.25) is 0 Å². The summed E-state index contributed by atoms with van der Waals surface area (Å²) in [6, 6.07) is 4.73. The third kappa shape index (κ3) is 3.42. The van der Waals surface area contributed by atoms with Crippen molar-refractivity contribution in [1.29, 1.82) is 0 Å². The molecule has 1 rings (SSSR count). The van der Waals surface area contributed by atoms with Crippen LogP contribution in [0.4, 0.5) is 0 Å². The third-order valence-corrected chi connectivity index (χ3v) is 2.92. The van der Waals surface area contributed by atoms with E-state index in [0.29, 0.717) is 15.6 Å². The normalized spacial score (nSPS) is 11.6. The molecule has 0 saturated carbocycles. The highest BCUT2D eigenvalue weighted by atomic mass is 127. The topological polar surface area (TPSA) is 49.3 Å². The highest BCUT2D eigenvalue weighted by molar-refractivity contribution is 14.1. The molecule has 84 valence electrons. The van der Waals surface area contributed by atoms with Gasteiger partial charge in [-0.3, -0.25) is 4.79 Å². The lowest BCUT2D eigenvalue weighted by atomic mass is 10.1. The zero-order chi connectivity index (χ0) is 12.1. The van der Waals surface area contributed by atoms with Crippen LogP contribution in [0.15, 0.2) is 18.2 Å². The monoisotopic (exact) mass is 329 g/mol. The van der Waals surface area contributed by atoms with Crippen LogP contribution in [0.3, 0.4) is 0 Å². The van der Waals surface area contributed by atoms with E-state index in [-0.39, 0.29) is 17.7 Å². The van der Waals surface area contributed by atoms with Crippen molar-refractivity contribution in [2.75, 3.05) is 0 Å². The SMILES string of the molecule is C#CCC(C)NC(=O)c1ccc(I)c(O)c1. The van der Waals surface area contributed by atoms with Gasteiger partial charge in [0.05, 0.1) is 3.57 Å². The number of rotatable bonds is 3. The van der Waals surface area contributed by atoms with Gasteiger partial charge < -0.3 is 10.4 Å². The molecular formula is C12H12INO2. The Hall–Kier alpha value is -1.22. The second-order valence-electron chi connectivity index (χ2n) is 3.45. The van der Waals surface area contributed by atoms with Crippen LogP contribution in [0.2, 0.25) is 0 Å². The number of carbonyl (C=O) groups is 1. The van der Waals surface area contributed by atoms with E-state index in [1.807, 2.05) is 29.5 Å². The maximum absolute atomic E-state index is 11.7. The lowest BCUT2D eigenvalue weighted by Crippen LogP contribution is -2.32. The van der Waals surface area contributed by atoms with Crippen molar-refractivity contribution in [2.24, 2.45) is 0 Å². The Labute approximate surface area is 108 Å². The number of halogens is 1. The van der Waals surface area contributed by atoms with E-state index in [1.165, 1.54) is 6.07 Å². The fraction of sp³-hybridized carbons (Fsp3) is 0.250. The van der Waals surface area contributed by atoms with Gasteiger partial charge in [0.15, 0.2) is 0 Å². The Bertz CT molecular complexity index is 437. The highest BCUT2D eigenvalue weighted by Crippen LogP contribution is 2.20. The van der Waals surface area contributed by atoms with E-state index in [0.717, 1.165) is 0 Å². The molecule has 16 heavy (non-hydrogen) atoms. The van der Waals surface area contributed by atoms with Gasteiger partial charge in [0, 0.05) is 18.0 Å². The summed E-state index contributed by atoms with van der Waals surface area (Å²) in [5.41, 5.74) is 0.432. The average Bonchev–Trinajstić information content (AvgIpc) is 2.22. The van der Waals surface area contributed by atoms with Crippen LogP contribution in [0.5, 0.6) is 5.75 Å². The molecule has 0 fully saturated rings. The summed E-state index contributed by atoms with van der Waals surface area (Å²) < 4.78 is 0.714. The number of terminal acetylenes is 1. The zero-order valence-electron chi connectivity index (χ0n) is 8.83. The first kappa shape index (κ1) is 12.8. The number of amides is 1. The summed E-state index contributed by atoms with van der Waals surface area (Å²) in [5.74, 6) is 2.36. The Kier molecular flexibility index (Phi) is 4.62. The summed E-state index contributed by atoms with van der Waals surface area (Å²) in [4.78, 5) is 11.7. The van der Waals surface area contributed by atoms with Gasteiger partial charge in [-0.2, -0.15) is 0 Å². The van der Waals surface area contributed by atoms with E-state index >= 15 is 0 Å². The molecule has 0 bridgehead atoms. The van der Waals surface area contributed by atoms with Crippen LogP contribution in [0.1, 0.15) is 23.7 Å². The average molecular weight is 329 g/mol. The Balaban J connectivity index is 2.74. The summed E-state index contributed by atoms with van der Waals surface area (Å²) >= 11 is 2.00. The molecule has 0 aliphatic rings. The van der Waals surface area contributed by atoms with Gasteiger partial charge >= 0.3 is 0 Å². The number of aromatic hydroxyl groups is 1. The second kappa shape index (κ2) is 5.75. The van der Waals surface area contributed by atoms with Gasteiger partial charge in [0.25, 0.3) is 5.91 Å². The van der Waals surface area contributed by atoms with Crippen molar-refractivity contribution >= 4 is 28.5 Å². The summed E-state index contributed by atoms with van der Waals surface area (Å²) in [7, 11) is 0. The summed E-state index contributed by atoms with van der Waals surface area (Å²) in [6.07, 6.45) is 5.63. The van der Waals surface area contributed by atoms with Gasteiger partial charge in [-0.25, -0.2) is 0 Å². The van der Waals surface area contributed by atoms with E-state index in [4.69, 9.17) is 6.42 Å². The number of phenolic OH excluding ortho intramolecular Hbond substituents is 1. The summed E-state index contributed by atoms with van der Waals surface area (Å²) in [6.45, 7) is 1.84. The lowest BCUT2D eigenvalue weighted by Gasteiger charge is -2.11. The van der Waals surface area contributed by atoms with Gasteiger partial charge in [-0.15, -0.1) is 12.3 Å². The van der Waals surface area contributed by atoms with Crippen molar-refractivity contribution in [3.63, 3.8) is 0 Å². The first-order valence-corrected chi connectivity index (χ1v) is 5.85. The molecule has 0 aromatic heterocycles. The van der Waals surface area contributed by atoms with Crippen molar-refractivity contribution in [2.45, 2.75) is 19.4 Å². The molecule has 4 heteroatoms. The van der Waals surface area contributed by atoms with Crippen LogP contribution in [0.25, 0.3) is 0 Å². The van der Waals surface area contributed by atoms with E-state index < -0.39 is 0 Å². The Morgan fingerprint density at radius 3 is 2.94 bits per heavy atom. The number of carbonyl (C=O) groups excluding carboxylic acids is 1. The Morgan fingerprint density at radius 2 is 2.38 bits per heavy atom. The molecule has 1 atom stereocenters. The molecule has 2 N–H and O–H groups in total. The first-order chi connectivity index (χ1) is 7.54. The predicted molar refractivity (Wildman–Crippen MR) is 71.2 cm³/mol. The molecule has 0 heterocycles. The molecule has 1 aromatic rings. The standard InChI is InChI=1S/C12H12INO2/c1-3-4-8(2)14-12(16)9-5-6-10(13)11(15)7-9/h1,5-8,15H,4H2,2H3,(H,14,16). The number of phenols is 1. The minimum atomic E-state index is -0.227. The fourth-order valence-electron chi connectivity index (χ4n) is 1.19. The van der Waals surface area contributed by atoms with Crippen LogP contribution >= 0.6 is 22.6 Å². The molecule has 0 aliphatic carbocycles. The highest BCUT2D eigenvalue weighted by Gasteiger charge is 2.10. The molecule has 1 amide bonds. The largest absolute Gasteiger partial charge is 0.507 e. The fourth-order valence-corrected chi connectivity index (χ4v) is 1.52. The molecule has 0 spiro atoms. The zero-order valence-corrected chi connectivity index (χ0v) is 11.0. The van der Waals surface area contributed by atoms with Gasteiger partial charge in [0.1, 0.15) is 5.75 Å². The summed E-state index contributed by atoms with van der Waals surface area (Å²) in [5, 5.41) is 12.2. The smallest absolute Gasteiger partial charge is 0.251 e. The number of hydrogen-bond acceptors (Lipinski definition) is 2. The molecule has 1 aromatic carbocycles. The first-order valence-electron chi connectivity index (χ1n) is 4.77. The Morgan fingerprint density at radius 1 is 1.69 bits per heavy atom. The van der Waals surface area contributed by atoms with Crippen LogP contribution in [-0.2, 0) is 0 Å². The van der Waals surface area contributed by atoms with Crippen molar-refractivity contribution in [3.05, 3.63) is 27.3 Å². The van der Waals surface area contributed by atoms with Crippen molar-refractivity contribution in [3.8, 4) is 18.1 Å². The number of hydrogen-bond donors (Lipinski definition) is 2. The van der Waals surface area contributed by atoms with Gasteiger partial charge in [-0.05, 0) is 47.7 Å². The van der Waals surface area contributed by atoms with Gasteiger partial charge in [-0.1, -0.05) is 0 Å². The third-order valence-electron chi connectivity index (χ3n) is 2.01. The van der Waals surface area contributed by atoms with Crippen LogP contribution in [0, 0.1) is 15.9 Å². The van der Waals surface area contributed by atoms with Crippen LogP contribution in [-0.4, -0.2) is 17.1 Å². The van der Waals surface area contributed by atoms with Crippen LogP contribution < -0.4 is 5.32 Å². The maximum atomic E-state index is 11.7. The lowest BCUT2D eigenvalue weighted by molar-refractivity contribution is 0.0940. The molecular weight excluding hydrogens is 317 g/mol. The minimum Gasteiger partial charge on any atom is -0.507 e. The molecule has 3 nitrogen and oxygen atoms in total. The van der Waals surface area contributed by atoms with Crippen molar-refractivity contribution < 1.29 is 9.90 Å². The second-order valence-corrected chi connectivity index (χ2v) is 4.61. The van der Waals surface area contributed by atoms with Crippen molar-refractivity contribution in [1.82, 2.24) is 5.32 Å². The number of nitrogens with one attached hydrogen (secondary N) is 1. The van der Waals surface area contributed by atoms with E-state index in [2.05, 4.69) is 11.2 Å². The van der Waals surface area contributed by atoms with E-state index in [9.17, 15) is 9.90 Å². The number of benzene rings is 1. The predicted octanol–water partition coefficient (Wildman–Crippen LogP) is 2.14. The minimum absolute atomic E-state index is 0.0704. The molecule has 0 aliphatic heterocycles. The molecule has 1 unspecified atom stereocenters. The quantitative estimate of drug-likeness (QED) is 0.659. The molecule has 0 radical (unpaired) electrons.